The number of hydrogen-bond donors (Lipinski definition) is 0. The van der Waals surface area contributed by atoms with E-state index in [0.717, 1.165) is 30.0 Å². The summed E-state index contributed by atoms with van der Waals surface area (Å²) in [6.07, 6.45) is -2.68. The monoisotopic (exact) mass is 474 g/mol. The lowest BCUT2D eigenvalue weighted by molar-refractivity contribution is -0.140. The summed E-state index contributed by atoms with van der Waals surface area (Å²) >= 11 is 0. The number of aryl methyl sites for hydroxylation is 1. The number of alkyl halides is 3. The molecule has 0 bridgehead atoms. The predicted molar refractivity (Wildman–Crippen MR) is 128 cm³/mol. The van der Waals surface area contributed by atoms with Crippen LogP contribution in [0.2, 0.25) is 0 Å². The molecule has 4 aromatic carbocycles. The topological polar surface area (TPSA) is 0 Å². The second-order valence-corrected chi connectivity index (χ2v) is 8.00. The minimum absolute atomic E-state index is 0.0170. The van der Waals surface area contributed by atoms with Gasteiger partial charge < -0.3 is 0 Å². The molecule has 0 saturated heterocycles. The standard InChI is InChI=1S/C30H19F5/c1-2-3-20-4-6-21(7-5-20)8-9-22-11-16-26-25(18-22)15-14-24(29(26)32)13-10-23-12-17-27(28(31)19-23)30(33,34)35/h4-7,11-12,14-19H,2-3H2,1H3. The fraction of sp³-hybridized carbons (Fsp3) is 0.133. The zero-order valence-electron chi connectivity index (χ0n) is 18.7. The summed E-state index contributed by atoms with van der Waals surface area (Å²) in [5.41, 5.74) is 1.59. The van der Waals surface area contributed by atoms with Crippen LogP contribution in [0.15, 0.2) is 72.8 Å². The van der Waals surface area contributed by atoms with E-state index in [9.17, 15) is 22.0 Å². The summed E-state index contributed by atoms with van der Waals surface area (Å²) < 4.78 is 66.8. The number of benzene rings is 4. The number of rotatable bonds is 2. The fourth-order valence-corrected chi connectivity index (χ4v) is 3.62. The molecule has 5 heteroatoms. The Morgan fingerprint density at radius 1 is 0.686 bits per heavy atom. The van der Waals surface area contributed by atoms with Crippen molar-refractivity contribution in [3.05, 3.63) is 118 Å². The molecular formula is C30H19F5. The Morgan fingerprint density at radius 2 is 1.31 bits per heavy atom. The van der Waals surface area contributed by atoms with Gasteiger partial charge in [0, 0.05) is 22.1 Å². The van der Waals surface area contributed by atoms with E-state index >= 15 is 0 Å². The van der Waals surface area contributed by atoms with Gasteiger partial charge in [-0.2, -0.15) is 13.2 Å². The summed E-state index contributed by atoms with van der Waals surface area (Å²) in [6, 6.07) is 18.7. The van der Waals surface area contributed by atoms with Crippen LogP contribution in [-0.2, 0) is 12.6 Å². The first-order valence-corrected chi connectivity index (χ1v) is 11.0. The van der Waals surface area contributed by atoms with Crippen LogP contribution in [0, 0.1) is 35.3 Å². The van der Waals surface area contributed by atoms with Crippen molar-refractivity contribution in [2.24, 2.45) is 0 Å². The fourth-order valence-electron chi connectivity index (χ4n) is 3.62. The maximum atomic E-state index is 15.0. The van der Waals surface area contributed by atoms with Crippen molar-refractivity contribution in [1.82, 2.24) is 0 Å². The van der Waals surface area contributed by atoms with E-state index in [2.05, 4.69) is 42.7 Å². The van der Waals surface area contributed by atoms with E-state index < -0.39 is 23.4 Å². The zero-order chi connectivity index (χ0) is 25.0. The van der Waals surface area contributed by atoms with Crippen LogP contribution in [-0.4, -0.2) is 0 Å². The first-order chi connectivity index (χ1) is 16.7. The molecule has 0 aromatic heterocycles. The lowest BCUT2D eigenvalue weighted by Gasteiger charge is -2.07. The largest absolute Gasteiger partial charge is 0.419 e. The lowest BCUT2D eigenvalue weighted by atomic mass is 10.0. The molecule has 0 amide bonds. The number of halogens is 5. The molecule has 0 unspecified atom stereocenters. The Balaban J connectivity index is 1.57. The van der Waals surface area contributed by atoms with Gasteiger partial charge in [0.15, 0.2) is 0 Å². The van der Waals surface area contributed by atoms with Crippen LogP contribution in [0.3, 0.4) is 0 Å². The molecule has 0 aliphatic rings. The molecule has 0 saturated carbocycles. The van der Waals surface area contributed by atoms with E-state index in [-0.39, 0.29) is 11.1 Å². The Morgan fingerprint density at radius 3 is 2.00 bits per heavy atom. The van der Waals surface area contributed by atoms with Gasteiger partial charge in [-0.25, -0.2) is 8.78 Å². The highest BCUT2D eigenvalue weighted by Gasteiger charge is 2.33. The van der Waals surface area contributed by atoms with E-state index in [0.29, 0.717) is 22.9 Å². The molecule has 35 heavy (non-hydrogen) atoms. The van der Waals surface area contributed by atoms with Gasteiger partial charge in [0.05, 0.1) is 11.1 Å². The lowest BCUT2D eigenvalue weighted by Crippen LogP contribution is -2.07. The first kappa shape index (κ1) is 24.0. The van der Waals surface area contributed by atoms with Crippen molar-refractivity contribution >= 4 is 10.8 Å². The van der Waals surface area contributed by atoms with Crippen LogP contribution >= 0.6 is 0 Å². The normalized spacial score (nSPS) is 10.9. The molecule has 4 aromatic rings. The van der Waals surface area contributed by atoms with Crippen LogP contribution in [0.1, 0.15) is 46.7 Å². The van der Waals surface area contributed by atoms with E-state index in [1.807, 2.05) is 12.1 Å². The third-order valence-corrected chi connectivity index (χ3v) is 5.41. The number of hydrogen-bond acceptors (Lipinski definition) is 0. The van der Waals surface area contributed by atoms with Gasteiger partial charge in [-0.1, -0.05) is 61.3 Å². The van der Waals surface area contributed by atoms with Crippen LogP contribution < -0.4 is 0 Å². The van der Waals surface area contributed by atoms with Gasteiger partial charge in [-0.05, 0) is 65.9 Å². The Bertz CT molecular complexity index is 1500. The van der Waals surface area contributed by atoms with Crippen molar-refractivity contribution in [2.45, 2.75) is 25.9 Å². The molecule has 0 N–H and O–H groups in total. The van der Waals surface area contributed by atoms with Crippen molar-refractivity contribution in [1.29, 1.82) is 0 Å². The van der Waals surface area contributed by atoms with Crippen LogP contribution in [0.25, 0.3) is 10.8 Å². The third-order valence-electron chi connectivity index (χ3n) is 5.41. The Hall–Kier alpha value is -4.09. The summed E-state index contributed by atoms with van der Waals surface area (Å²) in [5.74, 6) is 9.32. The molecule has 0 heterocycles. The molecule has 0 aliphatic carbocycles. The molecule has 0 fully saturated rings. The Kier molecular flexibility index (Phi) is 6.90. The van der Waals surface area contributed by atoms with E-state index in [1.54, 1.807) is 24.3 Å². The Labute approximate surface area is 200 Å². The molecule has 0 radical (unpaired) electrons. The molecular weight excluding hydrogens is 455 g/mol. The maximum absolute atomic E-state index is 15.0. The van der Waals surface area contributed by atoms with Gasteiger partial charge in [-0.15, -0.1) is 0 Å². The average Bonchev–Trinajstić information content (AvgIpc) is 2.82. The highest BCUT2D eigenvalue weighted by molar-refractivity contribution is 5.86. The van der Waals surface area contributed by atoms with Gasteiger partial charge in [0.2, 0.25) is 0 Å². The molecule has 0 nitrogen and oxygen atoms in total. The minimum atomic E-state index is -4.79. The molecule has 0 aliphatic heterocycles. The summed E-state index contributed by atoms with van der Waals surface area (Å²) in [7, 11) is 0. The highest BCUT2D eigenvalue weighted by atomic mass is 19.4. The predicted octanol–water partition coefficient (Wildman–Crippen LogP) is 7.89. The zero-order valence-corrected chi connectivity index (χ0v) is 18.7. The minimum Gasteiger partial charge on any atom is -0.206 e. The molecule has 174 valence electrons. The van der Waals surface area contributed by atoms with Gasteiger partial charge in [0.25, 0.3) is 0 Å². The maximum Gasteiger partial charge on any atom is 0.419 e. The van der Waals surface area contributed by atoms with Crippen molar-refractivity contribution in [3.63, 3.8) is 0 Å². The van der Waals surface area contributed by atoms with Gasteiger partial charge in [0.1, 0.15) is 11.6 Å². The third kappa shape index (κ3) is 5.70. The summed E-state index contributed by atoms with van der Waals surface area (Å²) in [4.78, 5) is 0. The van der Waals surface area contributed by atoms with Crippen molar-refractivity contribution in [2.75, 3.05) is 0 Å². The first-order valence-electron chi connectivity index (χ1n) is 11.0. The van der Waals surface area contributed by atoms with E-state index in [4.69, 9.17) is 0 Å². The second kappa shape index (κ2) is 10.0. The smallest absolute Gasteiger partial charge is 0.206 e. The van der Waals surface area contributed by atoms with Gasteiger partial charge in [-0.3, -0.25) is 0 Å². The van der Waals surface area contributed by atoms with Crippen LogP contribution in [0.4, 0.5) is 22.0 Å². The second-order valence-electron chi connectivity index (χ2n) is 8.00. The SMILES string of the molecule is CCCc1ccc(C#Cc2ccc3c(F)c(C#Cc4ccc(C(F)(F)F)c(F)c4)ccc3c2)cc1. The van der Waals surface area contributed by atoms with Crippen LogP contribution in [0.5, 0.6) is 0 Å². The van der Waals surface area contributed by atoms with Gasteiger partial charge >= 0.3 is 6.18 Å². The highest BCUT2D eigenvalue weighted by Crippen LogP contribution is 2.31. The van der Waals surface area contributed by atoms with E-state index in [1.165, 1.54) is 11.6 Å². The average molecular weight is 474 g/mol. The summed E-state index contributed by atoms with van der Waals surface area (Å²) in [5, 5.41) is 0.976. The van der Waals surface area contributed by atoms with Crippen molar-refractivity contribution < 1.29 is 22.0 Å². The summed E-state index contributed by atoms with van der Waals surface area (Å²) in [6.45, 7) is 2.13. The van der Waals surface area contributed by atoms with Crippen molar-refractivity contribution in [3.8, 4) is 23.7 Å². The number of fused-ring (bicyclic) bond motifs is 1. The quantitative estimate of drug-likeness (QED) is 0.205. The molecule has 0 atom stereocenters. The molecule has 0 spiro atoms. The molecule has 4 rings (SSSR count).